The van der Waals surface area contributed by atoms with Crippen LogP contribution in [-0.2, 0) is 9.53 Å². The van der Waals surface area contributed by atoms with Gasteiger partial charge in [-0.2, -0.15) is 0 Å². The number of likely N-dealkylation sites (tertiary alicyclic amines) is 1. The van der Waals surface area contributed by atoms with Crippen molar-refractivity contribution in [2.24, 2.45) is 5.92 Å². The van der Waals surface area contributed by atoms with E-state index >= 15 is 0 Å². The Morgan fingerprint density at radius 3 is 2.29 bits per heavy atom. The van der Waals surface area contributed by atoms with Crippen LogP contribution in [0.15, 0.2) is 0 Å². The summed E-state index contributed by atoms with van der Waals surface area (Å²) in [4.78, 5) is 23.0. The number of rotatable bonds is 1. The number of aldehydes is 1. The van der Waals surface area contributed by atoms with Crippen molar-refractivity contribution in [2.45, 2.75) is 12.8 Å². The maximum atomic E-state index is 11.0. The van der Waals surface area contributed by atoms with Gasteiger partial charge in [-0.15, -0.1) is 0 Å². The molecule has 1 heterocycles. The minimum absolute atomic E-state index is 0.130. The molecule has 0 aromatic rings. The summed E-state index contributed by atoms with van der Waals surface area (Å²) >= 11 is 0. The van der Waals surface area contributed by atoms with E-state index in [1.165, 1.54) is 7.11 Å². The van der Waals surface area contributed by atoms with Gasteiger partial charge in [0.1, 0.15) is 6.29 Å². The summed E-state index contributed by atoms with van der Waals surface area (Å²) in [6, 6.07) is 0. The zero-order valence-corrected chi connectivity index (χ0v) is 8.60. The largest absolute Gasteiger partial charge is 0.453 e. The summed E-state index contributed by atoms with van der Waals surface area (Å²) in [6.07, 6.45) is 2.20. The molecule has 0 atom stereocenters. The molecule has 1 rings (SSSR count). The van der Waals surface area contributed by atoms with E-state index in [2.05, 4.69) is 4.74 Å². The highest BCUT2D eigenvalue weighted by atomic mass is 16.5. The minimum Gasteiger partial charge on any atom is -0.453 e. The van der Waals surface area contributed by atoms with Crippen LogP contribution in [-0.4, -0.2) is 49.7 Å². The molecule has 0 bridgehead atoms. The molecule has 0 aromatic carbocycles. The van der Waals surface area contributed by atoms with Crippen molar-refractivity contribution in [3.8, 4) is 0 Å². The maximum Gasteiger partial charge on any atom is 0.409 e. The molecule has 0 saturated carbocycles. The van der Waals surface area contributed by atoms with Crippen molar-refractivity contribution < 1.29 is 19.4 Å². The highest BCUT2D eigenvalue weighted by Crippen LogP contribution is 2.14. The Labute approximate surface area is 83.6 Å². The highest BCUT2D eigenvalue weighted by molar-refractivity contribution is 5.67. The molecule has 0 unspecified atom stereocenters. The van der Waals surface area contributed by atoms with E-state index in [1.807, 2.05) is 0 Å². The number of piperidine rings is 1. The van der Waals surface area contributed by atoms with Crippen molar-refractivity contribution in [3.63, 3.8) is 0 Å². The summed E-state index contributed by atoms with van der Waals surface area (Å²) in [5.74, 6) is 0.130. The first-order chi connectivity index (χ1) is 6.77. The Hall–Kier alpha value is -1.10. The molecule has 1 aliphatic rings. The first-order valence-electron chi connectivity index (χ1n) is 4.51. The van der Waals surface area contributed by atoms with Crippen LogP contribution in [0, 0.1) is 5.92 Å². The van der Waals surface area contributed by atoms with E-state index in [-0.39, 0.29) is 12.0 Å². The van der Waals surface area contributed by atoms with Crippen LogP contribution in [0.2, 0.25) is 0 Å². The van der Waals surface area contributed by atoms with Crippen LogP contribution in [0.5, 0.6) is 0 Å². The number of carbonyl (C=O) groups excluding carboxylic acids is 2. The highest BCUT2D eigenvalue weighted by Gasteiger charge is 2.22. The molecule has 1 saturated heterocycles. The van der Waals surface area contributed by atoms with Crippen LogP contribution in [0.4, 0.5) is 4.79 Å². The molecule has 0 spiro atoms. The number of methoxy groups -OCH3 is 1. The van der Waals surface area contributed by atoms with Gasteiger partial charge in [-0.05, 0) is 12.8 Å². The fourth-order valence-corrected chi connectivity index (χ4v) is 1.35. The van der Waals surface area contributed by atoms with Crippen molar-refractivity contribution in [3.05, 3.63) is 0 Å². The Morgan fingerprint density at radius 2 is 1.93 bits per heavy atom. The van der Waals surface area contributed by atoms with E-state index in [0.29, 0.717) is 13.1 Å². The monoisotopic (exact) mass is 203 g/mol. The molecule has 82 valence electrons. The van der Waals surface area contributed by atoms with Crippen molar-refractivity contribution in [1.29, 1.82) is 0 Å². The van der Waals surface area contributed by atoms with E-state index in [1.54, 1.807) is 4.90 Å². The predicted octanol–water partition coefficient (Wildman–Crippen LogP) is 0.272. The molecular weight excluding hydrogens is 186 g/mol. The lowest BCUT2D eigenvalue weighted by Crippen LogP contribution is -2.38. The topological polar surface area (TPSA) is 66.8 Å². The standard InChI is InChI=1S/C8H13NO3.CH4O/c1-12-8(11)9-4-2-7(6-10)3-5-9;1-2/h6-7H,2-5H2,1H3;2H,1H3. The van der Waals surface area contributed by atoms with Gasteiger partial charge in [0.15, 0.2) is 0 Å². The number of nitrogens with zero attached hydrogens (tertiary/aromatic N) is 1. The van der Waals surface area contributed by atoms with Gasteiger partial charge in [0.05, 0.1) is 7.11 Å². The quantitative estimate of drug-likeness (QED) is 0.621. The number of carbonyl (C=O) groups is 2. The van der Waals surface area contributed by atoms with Crippen LogP contribution < -0.4 is 0 Å². The molecule has 5 heteroatoms. The summed E-state index contributed by atoms with van der Waals surface area (Å²) in [5, 5.41) is 7.00. The third-order valence-electron chi connectivity index (χ3n) is 2.16. The van der Waals surface area contributed by atoms with Gasteiger partial charge in [-0.3, -0.25) is 0 Å². The van der Waals surface area contributed by atoms with Crippen LogP contribution in [0.25, 0.3) is 0 Å². The maximum absolute atomic E-state index is 11.0. The fourth-order valence-electron chi connectivity index (χ4n) is 1.35. The smallest absolute Gasteiger partial charge is 0.409 e. The van der Waals surface area contributed by atoms with Crippen LogP contribution in [0.1, 0.15) is 12.8 Å². The SMILES string of the molecule is CO.COC(=O)N1CCC(C=O)CC1. The molecule has 14 heavy (non-hydrogen) atoms. The van der Waals surface area contributed by atoms with E-state index in [0.717, 1.165) is 26.2 Å². The third-order valence-corrected chi connectivity index (χ3v) is 2.16. The zero-order valence-electron chi connectivity index (χ0n) is 8.60. The lowest BCUT2D eigenvalue weighted by molar-refractivity contribution is -0.112. The second-order valence-electron chi connectivity index (χ2n) is 2.93. The molecule has 0 radical (unpaired) electrons. The molecule has 0 aromatic heterocycles. The van der Waals surface area contributed by atoms with E-state index in [9.17, 15) is 9.59 Å². The van der Waals surface area contributed by atoms with Crippen molar-refractivity contribution in [2.75, 3.05) is 27.3 Å². The Bertz CT molecular complexity index is 176. The first kappa shape index (κ1) is 12.9. The number of ether oxygens (including phenoxy) is 1. The molecule has 1 N–H and O–H groups in total. The van der Waals surface area contributed by atoms with Gasteiger partial charge >= 0.3 is 6.09 Å². The van der Waals surface area contributed by atoms with Crippen LogP contribution >= 0.6 is 0 Å². The minimum atomic E-state index is -0.292. The molecular formula is C9H17NO4. The Balaban J connectivity index is 0.000000791. The average molecular weight is 203 g/mol. The van der Waals surface area contributed by atoms with Gasteiger partial charge < -0.3 is 19.5 Å². The van der Waals surface area contributed by atoms with Crippen molar-refractivity contribution in [1.82, 2.24) is 4.90 Å². The summed E-state index contributed by atoms with van der Waals surface area (Å²) in [6.45, 7) is 1.27. The first-order valence-corrected chi connectivity index (χ1v) is 4.51. The lowest BCUT2D eigenvalue weighted by atomic mass is 9.99. The number of aliphatic hydroxyl groups is 1. The summed E-state index contributed by atoms with van der Waals surface area (Å²) in [7, 11) is 2.37. The molecule has 5 nitrogen and oxygen atoms in total. The second-order valence-corrected chi connectivity index (χ2v) is 2.93. The molecule has 1 amide bonds. The second kappa shape index (κ2) is 7.32. The number of hydrogen-bond donors (Lipinski definition) is 1. The zero-order chi connectivity index (χ0) is 11.0. The van der Waals surface area contributed by atoms with Gasteiger partial charge in [0, 0.05) is 26.1 Å². The number of hydrogen-bond acceptors (Lipinski definition) is 4. The van der Waals surface area contributed by atoms with E-state index in [4.69, 9.17) is 5.11 Å². The molecule has 1 aliphatic heterocycles. The molecule has 0 aliphatic carbocycles. The third kappa shape index (κ3) is 3.74. The number of amides is 1. The Kier molecular flexibility index (Phi) is 6.74. The molecule has 1 fully saturated rings. The van der Waals surface area contributed by atoms with Crippen LogP contribution in [0.3, 0.4) is 0 Å². The average Bonchev–Trinajstić information content (AvgIpc) is 2.31. The Morgan fingerprint density at radius 1 is 1.43 bits per heavy atom. The van der Waals surface area contributed by atoms with Gasteiger partial charge in [-0.1, -0.05) is 0 Å². The summed E-state index contributed by atoms with van der Waals surface area (Å²) < 4.78 is 4.56. The van der Waals surface area contributed by atoms with Gasteiger partial charge in [-0.25, -0.2) is 4.79 Å². The van der Waals surface area contributed by atoms with E-state index < -0.39 is 0 Å². The number of aliphatic hydroxyl groups excluding tert-OH is 1. The normalized spacial score (nSPS) is 16.6. The van der Waals surface area contributed by atoms with Crippen molar-refractivity contribution >= 4 is 12.4 Å². The van der Waals surface area contributed by atoms with Gasteiger partial charge in [0.2, 0.25) is 0 Å². The predicted molar refractivity (Wildman–Crippen MR) is 50.9 cm³/mol. The lowest BCUT2D eigenvalue weighted by Gasteiger charge is -2.28. The fraction of sp³-hybridized carbons (Fsp3) is 0.778. The summed E-state index contributed by atoms with van der Waals surface area (Å²) in [5.41, 5.74) is 0. The van der Waals surface area contributed by atoms with Gasteiger partial charge in [0.25, 0.3) is 0 Å².